The zero-order chi connectivity index (χ0) is 20.9. The van der Waals surface area contributed by atoms with Gasteiger partial charge in [-0.05, 0) is 47.9 Å². The quantitative estimate of drug-likeness (QED) is 0.670. The van der Waals surface area contributed by atoms with Gasteiger partial charge < -0.3 is 15.9 Å². The number of fused-ring (bicyclic) bond motifs is 4. The number of hydrogen-bond donors (Lipinski definition) is 3. The number of carboxylic acids is 2. The Morgan fingerprint density at radius 2 is 1.24 bits per heavy atom. The normalized spacial score (nSPS) is 17.0. The number of hydrogen-bond acceptors (Lipinski definition) is 3. The number of rotatable bonds is 2. The van der Waals surface area contributed by atoms with Crippen LogP contribution < -0.4 is 5.73 Å². The van der Waals surface area contributed by atoms with E-state index in [1.165, 1.54) is 22.3 Å². The van der Waals surface area contributed by atoms with Crippen molar-refractivity contribution in [2.75, 3.05) is 0 Å². The lowest BCUT2D eigenvalue weighted by molar-refractivity contribution is -0.134. The molecule has 0 amide bonds. The van der Waals surface area contributed by atoms with Crippen LogP contribution in [0.4, 0.5) is 0 Å². The number of aliphatic carboxylic acids is 2. The fourth-order valence-electron chi connectivity index (χ4n) is 4.30. The molecule has 0 radical (unpaired) electrons. The van der Waals surface area contributed by atoms with Gasteiger partial charge in [-0.2, -0.15) is 0 Å². The number of nitrogens with two attached hydrogens (primary N) is 1. The SMILES string of the molecule is NC1CCC2(CC1)c1ccccc1C=Cc1ccccc12.O=C(O)/C=C\C(=O)O. The van der Waals surface area contributed by atoms with Crippen LogP contribution in [0.25, 0.3) is 12.2 Å². The highest BCUT2D eigenvalue weighted by molar-refractivity contribution is 5.89. The molecule has 0 bridgehead atoms. The molecule has 1 saturated carbocycles. The van der Waals surface area contributed by atoms with Crippen molar-refractivity contribution in [2.24, 2.45) is 5.73 Å². The van der Waals surface area contributed by atoms with Crippen molar-refractivity contribution >= 4 is 24.1 Å². The van der Waals surface area contributed by atoms with Gasteiger partial charge in [-0.25, -0.2) is 9.59 Å². The lowest BCUT2D eigenvalue weighted by atomic mass is 9.63. The van der Waals surface area contributed by atoms with Gasteiger partial charge >= 0.3 is 11.9 Å². The molecule has 2 aliphatic rings. The maximum Gasteiger partial charge on any atom is 0.328 e. The molecule has 150 valence electrons. The largest absolute Gasteiger partial charge is 0.478 e. The molecule has 0 saturated heterocycles. The van der Waals surface area contributed by atoms with E-state index in [-0.39, 0.29) is 5.41 Å². The molecule has 4 N–H and O–H groups in total. The zero-order valence-corrected chi connectivity index (χ0v) is 16.1. The van der Waals surface area contributed by atoms with Crippen LogP contribution >= 0.6 is 0 Å². The van der Waals surface area contributed by atoms with E-state index in [1.807, 2.05) is 0 Å². The van der Waals surface area contributed by atoms with Gasteiger partial charge in [0, 0.05) is 23.6 Å². The Morgan fingerprint density at radius 3 is 1.66 bits per heavy atom. The van der Waals surface area contributed by atoms with E-state index in [2.05, 4.69) is 60.7 Å². The Balaban J connectivity index is 0.000000258. The van der Waals surface area contributed by atoms with Crippen molar-refractivity contribution in [3.63, 3.8) is 0 Å². The minimum atomic E-state index is -1.26. The Labute approximate surface area is 170 Å². The van der Waals surface area contributed by atoms with Crippen molar-refractivity contribution in [3.8, 4) is 0 Å². The van der Waals surface area contributed by atoms with Crippen LogP contribution in [0.2, 0.25) is 0 Å². The highest BCUT2D eigenvalue weighted by atomic mass is 16.4. The molecule has 5 nitrogen and oxygen atoms in total. The molecule has 5 heteroatoms. The first-order valence-corrected chi connectivity index (χ1v) is 9.69. The third-order valence-electron chi connectivity index (χ3n) is 5.65. The first-order chi connectivity index (χ1) is 13.9. The number of carboxylic acid groups (broad SMARTS) is 2. The van der Waals surface area contributed by atoms with Gasteiger partial charge in [-0.1, -0.05) is 60.7 Å². The van der Waals surface area contributed by atoms with Gasteiger partial charge in [-0.15, -0.1) is 0 Å². The third kappa shape index (κ3) is 4.63. The standard InChI is InChI=1S/C20H21N.C4H4O4/c21-17-11-13-20(14-12-17)18-7-3-1-5-15(18)9-10-16-6-2-4-8-19(16)20;5-3(6)1-2-4(7)8/h1-10,17H,11-14,21H2;1-2H,(H,5,6)(H,7,8)/b;2-1-. The second-order valence-electron chi connectivity index (χ2n) is 7.44. The minimum absolute atomic E-state index is 0.145. The maximum absolute atomic E-state index is 9.55. The molecule has 2 aromatic rings. The van der Waals surface area contributed by atoms with E-state index in [4.69, 9.17) is 15.9 Å². The first-order valence-electron chi connectivity index (χ1n) is 9.69. The van der Waals surface area contributed by atoms with Crippen LogP contribution in [0, 0.1) is 0 Å². The number of carbonyl (C=O) groups is 2. The van der Waals surface area contributed by atoms with Crippen LogP contribution in [0.1, 0.15) is 47.9 Å². The fraction of sp³-hybridized carbons (Fsp3) is 0.250. The van der Waals surface area contributed by atoms with Crippen molar-refractivity contribution in [3.05, 3.63) is 82.9 Å². The topological polar surface area (TPSA) is 101 Å². The zero-order valence-electron chi connectivity index (χ0n) is 16.1. The first kappa shape index (κ1) is 20.6. The molecule has 0 atom stereocenters. The van der Waals surface area contributed by atoms with Crippen molar-refractivity contribution in [2.45, 2.75) is 37.1 Å². The molecule has 1 fully saturated rings. The lowest BCUT2D eigenvalue weighted by Crippen LogP contribution is -2.38. The van der Waals surface area contributed by atoms with E-state index in [0.717, 1.165) is 25.7 Å². The minimum Gasteiger partial charge on any atom is -0.478 e. The molecular weight excluding hydrogens is 366 g/mol. The van der Waals surface area contributed by atoms with Crippen LogP contribution in [-0.2, 0) is 15.0 Å². The summed E-state index contributed by atoms with van der Waals surface area (Å²) in [5, 5.41) is 15.6. The molecule has 29 heavy (non-hydrogen) atoms. The van der Waals surface area contributed by atoms with Crippen LogP contribution in [0.15, 0.2) is 60.7 Å². The van der Waals surface area contributed by atoms with Gasteiger partial charge in [0.1, 0.15) is 0 Å². The molecular formula is C24H25NO4. The van der Waals surface area contributed by atoms with Crippen molar-refractivity contribution < 1.29 is 19.8 Å². The van der Waals surface area contributed by atoms with E-state index in [1.54, 1.807) is 0 Å². The summed E-state index contributed by atoms with van der Waals surface area (Å²) in [6.07, 6.45) is 10.2. The summed E-state index contributed by atoms with van der Waals surface area (Å²) in [4.78, 5) is 19.1. The van der Waals surface area contributed by atoms with E-state index >= 15 is 0 Å². The van der Waals surface area contributed by atoms with Crippen molar-refractivity contribution in [1.82, 2.24) is 0 Å². The van der Waals surface area contributed by atoms with E-state index < -0.39 is 11.9 Å². The Bertz CT molecular complexity index is 885. The molecule has 2 aliphatic carbocycles. The summed E-state index contributed by atoms with van der Waals surface area (Å²) in [6, 6.07) is 18.1. The van der Waals surface area contributed by atoms with Gasteiger partial charge in [0.05, 0.1) is 0 Å². The Kier molecular flexibility index (Phi) is 6.29. The average Bonchev–Trinajstić information content (AvgIpc) is 2.85. The predicted octanol–water partition coefficient (Wildman–Crippen LogP) is 4.07. The fourth-order valence-corrected chi connectivity index (χ4v) is 4.30. The highest BCUT2D eigenvalue weighted by Crippen LogP contribution is 2.48. The molecule has 0 unspecified atom stereocenters. The lowest BCUT2D eigenvalue weighted by Gasteiger charge is -2.41. The summed E-state index contributed by atoms with van der Waals surface area (Å²) < 4.78 is 0. The monoisotopic (exact) mass is 391 g/mol. The Hall–Kier alpha value is -3.18. The van der Waals surface area contributed by atoms with Gasteiger partial charge in [0.25, 0.3) is 0 Å². The molecule has 0 aliphatic heterocycles. The summed E-state index contributed by atoms with van der Waals surface area (Å²) in [5.41, 5.74) is 12.0. The second kappa shape index (κ2) is 8.88. The van der Waals surface area contributed by atoms with Crippen LogP contribution in [0.5, 0.6) is 0 Å². The molecule has 4 rings (SSSR count). The van der Waals surface area contributed by atoms with E-state index in [9.17, 15) is 9.59 Å². The maximum atomic E-state index is 9.55. The summed E-state index contributed by atoms with van der Waals surface area (Å²) >= 11 is 0. The number of benzene rings is 2. The second-order valence-corrected chi connectivity index (χ2v) is 7.44. The molecule has 0 aromatic heterocycles. The van der Waals surface area contributed by atoms with Gasteiger partial charge in [0.2, 0.25) is 0 Å². The van der Waals surface area contributed by atoms with Crippen molar-refractivity contribution in [1.29, 1.82) is 0 Å². The summed E-state index contributed by atoms with van der Waals surface area (Å²) in [6.45, 7) is 0. The van der Waals surface area contributed by atoms with E-state index in [0.29, 0.717) is 18.2 Å². The Morgan fingerprint density at radius 1 is 0.828 bits per heavy atom. The summed E-state index contributed by atoms with van der Waals surface area (Å²) in [7, 11) is 0. The molecule has 2 aromatic carbocycles. The van der Waals surface area contributed by atoms with Gasteiger partial charge in [-0.3, -0.25) is 0 Å². The van der Waals surface area contributed by atoms with Gasteiger partial charge in [0.15, 0.2) is 0 Å². The highest BCUT2D eigenvalue weighted by Gasteiger charge is 2.40. The molecule has 0 heterocycles. The molecule has 1 spiro atoms. The smallest absolute Gasteiger partial charge is 0.328 e. The van der Waals surface area contributed by atoms with Crippen LogP contribution in [-0.4, -0.2) is 28.2 Å². The third-order valence-corrected chi connectivity index (χ3v) is 5.65. The average molecular weight is 391 g/mol. The van der Waals surface area contributed by atoms with Crippen LogP contribution in [0.3, 0.4) is 0 Å². The predicted molar refractivity (Wildman–Crippen MR) is 113 cm³/mol. The summed E-state index contributed by atoms with van der Waals surface area (Å²) in [5.74, 6) is -2.51.